The Hall–Kier alpha value is -2.94. The van der Waals surface area contributed by atoms with Crippen molar-refractivity contribution in [2.45, 2.75) is 43.8 Å². The van der Waals surface area contributed by atoms with Crippen molar-refractivity contribution >= 4 is 16.8 Å². The maximum absolute atomic E-state index is 14.2. The first kappa shape index (κ1) is 23.2. The van der Waals surface area contributed by atoms with E-state index in [4.69, 9.17) is 5.73 Å². The second-order valence-corrected chi connectivity index (χ2v) is 9.28. The SMILES string of the molecule is CN(C)[C@H](Cc1ccc2cn[nH]c2c1)CC(C(N)=O)C(c1cccnc1)C1(C(F)(F)F)CC1. The minimum atomic E-state index is -4.43. The molecule has 4 rings (SSSR count). The third-order valence-corrected chi connectivity index (χ3v) is 6.99. The van der Waals surface area contributed by atoms with Crippen LogP contribution >= 0.6 is 0 Å². The molecule has 1 fully saturated rings. The van der Waals surface area contributed by atoms with Crippen molar-refractivity contribution in [3.8, 4) is 0 Å². The van der Waals surface area contributed by atoms with E-state index in [1.165, 1.54) is 12.4 Å². The summed E-state index contributed by atoms with van der Waals surface area (Å²) in [7, 11) is 3.74. The van der Waals surface area contributed by atoms with Gasteiger partial charge in [-0.25, -0.2) is 0 Å². The molecule has 0 aliphatic heterocycles. The normalized spacial score (nSPS) is 18.2. The maximum Gasteiger partial charge on any atom is 0.395 e. The smallest absolute Gasteiger partial charge is 0.369 e. The molecule has 33 heavy (non-hydrogen) atoms. The Morgan fingerprint density at radius 3 is 2.58 bits per heavy atom. The number of benzene rings is 1. The van der Waals surface area contributed by atoms with Crippen LogP contribution in [0.15, 0.2) is 48.9 Å². The number of aromatic amines is 1. The summed E-state index contributed by atoms with van der Waals surface area (Å²) in [6.07, 6.45) is 0.999. The van der Waals surface area contributed by atoms with Crippen molar-refractivity contribution in [1.29, 1.82) is 0 Å². The summed E-state index contributed by atoms with van der Waals surface area (Å²) < 4.78 is 42.7. The van der Waals surface area contributed by atoms with Gasteiger partial charge in [0.05, 0.1) is 17.1 Å². The van der Waals surface area contributed by atoms with Gasteiger partial charge >= 0.3 is 6.18 Å². The fourth-order valence-electron chi connectivity index (χ4n) is 4.97. The van der Waals surface area contributed by atoms with Crippen LogP contribution in [0.3, 0.4) is 0 Å². The number of likely N-dealkylation sites (N-methyl/N-ethyl adjacent to an activating group) is 1. The van der Waals surface area contributed by atoms with Gasteiger partial charge in [0, 0.05) is 35.7 Å². The van der Waals surface area contributed by atoms with E-state index >= 15 is 0 Å². The highest BCUT2D eigenvalue weighted by atomic mass is 19.4. The largest absolute Gasteiger partial charge is 0.395 e. The number of hydrogen-bond donors (Lipinski definition) is 2. The molecule has 0 radical (unpaired) electrons. The number of aromatic nitrogens is 3. The van der Waals surface area contributed by atoms with Crippen LogP contribution in [-0.4, -0.2) is 52.3 Å². The van der Waals surface area contributed by atoms with Gasteiger partial charge in [0.2, 0.25) is 5.91 Å². The number of primary amides is 1. The molecule has 6 nitrogen and oxygen atoms in total. The quantitative estimate of drug-likeness (QED) is 0.505. The van der Waals surface area contributed by atoms with E-state index in [0.717, 1.165) is 16.5 Å². The zero-order valence-electron chi connectivity index (χ0n) is 18.6. The van der Waals surface area contributed by atoms with Crippen molar-refractivity contribution in [2.24, 2.45) is 17.1 Å². The highest BCUT2D eigenvalue weighted by Crippen LogP contribution is 2.67. The summed E-state index contributed by atoms with van der Waals surface area (Å²) in [4.78, 5) is 18.7. The summed E-state index contributed by atoms with van der Waals surface area (Å²) in [5.74, 6) is -2.77. The summed E-state index contributed by atoms with van der Waals surface area (Å²) in [6, 6.07) is 8.95. The highest BCUT2D eigenvalue weighted by Gasteiger charge is 2.69. The van der Waals surface area contributed by atoms with Crippen molar-refractivity contribution in [3.05, 3.63) is 60.0 Å². The maximum atomic E-state index is 14.2. The summed E-state index contributed by atoms with van der Waals surface area (Å²) in [5, 5.41) is 7.95. The van der Waals surface area contributed by atoms with E-state index in [1.54, 1.807) is 18.3 Å². The number of amides is 1. The first-order valence-corrected chi connectivity index (χ1v) is 11.0. The molecule has 0 bridgehead atoms. The second-order valence-electron chi connectivity index (χ2n) is 9.28. The molecule has 176 valence electrons. The molecule has 1 aliphatic rings. The summed E-state index contributed by atoms with van der Waals surface area (Å²) in [5.41, 5.74) is 6.14. The highest BCUT2D eigenvalue weighted by molar-refractivity contribution is 5.79. The predicted octanol–water partition coefficient (Wildman–Crippen LogP) is 4.05. The zero-order chi connectivity index (χ0) is 23.8. The molecule has 1 aliphatic carbocycles. The van der Waals surface area contributed by atoms with Gasteiger partial charge in [-0.1, -0.05) is 18.2 Å². The molecule has 2 aromatic heterocycles. The van der Waals surface area contributed by atoms with Crippen LogP contribution in [0, 0.1) is 11.3 Å². The lowest BCUT2D eigenvalue weighted by atomic mass is 9.71. The first-order chi connectivity index (χ1) is 15.6. The van der Waals surface area contributed by atoms with E-state index in [0.29, 0.717) is 12.0 Å². The van der Waals surface area contributed by atoms with Crippen molar-refractivity contribution in [3.63, 3.8) is 0 Å². The number of carbonyl (C=O) groups excluding carboxylic acids is 1. The molecule has 1 aromatic carbocycles. The number of nitrogens with one attached hydrogen (secondary N) is 1. The number of fused-ring (bicyclic) bond motifs is 1. The molecule has 2 heterocycles. The minimum Gasteiger partial charge on any atom is -0.369 e. The number of halogens is 3. The Kier molecular flexibility index (Phi) is 6.18. The second kappa shape index (κ2) is 8.78. The molecule has 1 saturated carbocycles. The predicted molar refractivity (Wildman–Crippen MR) is 119 cm³/mol. The van der Waals surface area contributed by atoms with E-state index in [-0.39, 0.29) is 25.3 Å². The van der Waals surface area contributed by atoms with Crippen LogP contribution in [0.2, 0.25) is 0 Å². The van der Waals surface area contributed by atoms with Gasteiger partial charge in [0.25, 0.3) is 0 Å². The van der Waals surface area contributed by atoms with Gasteiger partial charge < -0.3 is 10.6 Å². The van der Waals surface area contributed by atoms with Crippen LogP contribution in [-0.2, 0) is 11.2 Å². The van der Waals surface area contributed by atoms with Crippen LogP contribution in [0.4, 0.5) is 13.2 Å². The van der Waals surface area contributed by atoms with Gasteiger partial charge in [0.1, 0.15) is 0 Å². The lowest BCUT2D eigenvalue weighted by Gasteiger charge is -2.37. The Morgan fingerprint density at radius 2 is 2.00 bits per heavy atom. The number of H-pyrrole nitrogens is 1. The lowest BCUT2D eigenvalue weighted by Crippen LogP contribution is -2.43. The number of nitrogens with two attached hydrogens (primary N) is 1. The monoisotopic (exact) mass is 459 g/mol. The topological polar surface area (TPSA) is 87.9 Å². The summed E-state index contributed by atoms with van der Waals surface area (Å²) >= 11 is 0. The molecule has 2 unspecified atom stereocenters. The van der Waals surface area contributed by atoms with E-state index in [2.05, 4.69) is 15.2 Å². The fourth-order valence-corrected chi connectivity index (χ4v) is 4.97. The Bertz CT molecular complexity index is 1110. The molecule has 3 atom stereocenters. The number of pyridine rings is 1. The number of hydrogen-bond acceptors (Lipinski definition) is 4. The van der Waals surface area contributed by atoms with Gasteiger partial charge in [-0.3, -0.25) is 14.9 Å². The molecular weight excluding hydrogens is 431 g/mol. The molecule has 1 amide bonds. The third kappa shape index (κ3) is 4.59. The van der Waals surface area contributed by atoms with Crippen LogP contribution in [0.5, 0.6) is 0 Å². The van der Waals surface area contributed by atoms with Crippen LogP contribution in [0.25, 0.3) is 10.9 Å². The van der Waals surface area contributed by atoms with Gasteiger partial charge in [-0.15, -0.1) is 0 Å². The van der Waals surface area contributed by atoms with Crippen LogP contribution in [0.1, 0.15) is 36.3 Å². The molecule has 3 aromatic rings. The Balaban J connectivity index is 1.67. The molecule has 0 spiro atoms. The molecule has 0 saturated heterocycles. The Labute approximate surface area is 190 Å². The standard InChI is InChI=1S/C24H28F3N5O/c1-32(2)18(10-15-5-6-16-14-30-31-20(16)11-15)12-19(22(28)33)21(17-4-3-9-29-13-17)23(7-8-23)24(25,26)27/h3-6,9,11,13-14,18-19,21H,7-8,10,12H2,1-2H3,(H2,28,33)(H,30,31)/t18-,19?,21?/m1/s1. The summed E-state index contributed by atoms with van der Waals surface area (Å²) in [6.45, 7) is 0. The third-order valence-electron chi connectivity index (χ3n) is 6.99. The zero-order valence-corrected chi connectivity index (χ0v) is 18.6. The van der Waals surface area contributed by atoms with Gasteiger partial charge in [-0.05, 0) is 63.0 Å². The molecular formula is C24H28F3N5O. The van der Waals surface area contributed by atoms with Crippen molar-refractivity contribution in [1.82, 2.24) is 20.1 Å². The van der Waals surface area contributed by atoms with Gasteiger partial charge in [-0.2, -0.15) is 18.3 Å². The number of carbonyl (C=O) groups is 1. The number of alkyl halides is 3. The Morgan fingerprint density at radius 1 is 1.24 bits per heavy atom. The van der Waals surface area contributed by atoms with Crippen LogP contribution < -0.4 is 5.73 Å². The van der Waals surface area contributed by atoms with Crippen molar-refractivity contribution < 1.29 is 18.0 Å². The number of rotatable bonds is 9. The average Bonchev–Trinajstić information content (AvgIpc) is 3.44. The molecule has 3 N–H and O–H groups in total. The van der Waals surface area contributed by atoms with E-state index in [1.807, 2.05) is 37.2 Å². The first-order valence-electron chi connectivity index (χ1n) is 11.0. The lowest BCUT2D eigenvalue weighted by molar-refractivity contribution is -0.198. The minimum absolute atomic E-state index is 0.0109. The van der Waals surface area contributed by atoms with E-state index in [9.17, 15) is 18.0 Å². The average molecular weight is 460 g/mol. The van der Waals surface area contributed by atoms with Crippen molar-refractivity contribution in [2.75, 3.05) is 14.1 Å². The number of nitrogens with zero attached hydrogens (tertiary/aromatic N) is 3. The van der Waals surface area contributed by atoms with Gasteiger partial charge in [0.15, 0.2) is 0 Å². The fraction of sp³-hybridized carbons (Fsp3) is 0.458. The van der Waals surface area contributed by atoms with E-state index < -0.39 is 29.3 Å². The molecule has 9 heteroatoms.